The minimum absolute atomic E-state index is 0.134. The standard InChI is InChI=1S/C19H33N5O3S/c1-5-28(25,26)22(3)12-8-11-21-19(20-2)24-15-13-23(14-16-24)17-9-6-7-10-18(17)27-4/h6-7,9-10H,5,8,11-16H2,1-4H3,(H,20,21). The summed E-state index contributed by atoms with van der Waals surface area (Å²) in [5, 5.41) is 3.35. The zero-order valence-electron chi connectivity index (χ0n) is 17.4. The number of hydrogen-bond donors (Lipinski definition) is 1. The Balaban J connectivity index is 1.80. The molecule has 0 amide bonds. The quantitative estimate of drug-likeness (QED) is 0.392. The Bertz CT molecular complexity index is 746. The van der Waals surface area contributed by atoms with Gasteiger partial charge in [0.25, 0.3) is 0 Å². The van der Waals surface area contributed by atoms with Gasteiger partial charge >= 0.3 is 0 Å². The average molecular weight is 412 g/mol. The molecule has 9 heteroatoms. The highest BCUT2D eigenvalue weighted by Crippen LogP contribution is 2.28. The molecular weight excluding hydrogens is 378 g/mol. The summed E-state index contributed by atoms with van der Waals surface area (Å²) in [6.07, 6.45) is 0.732. The van der Waals surface area contributed by atoms with Gasteiger partial charge < -0.3 is 19.9 Å². The summed E-state index contributed by atoms with van der Waals surface area (Å²) in [5.74, 6) is 1.89. The van der Waals surface area contributed by atoms with Gasteiger partial charge in [-0.25, -0.2) is 12.7 Å². The van der Waals surface area contributed by atoms with Crippen LogP contribution in [0.25, 0.3) is 0 Å². The van der Waals surface area contributed by atoms with Crippen LogP contribution in [0.5, 0.6) is 5.75 Å². The Labute approximate surface area is 169 Å². The molecule has 158 valence electrons. The summed E-state index contributed by atoms with van der Waals surface area (Å²) in [7, 11) is 1.99. The Hall–Kier alpha value is -2.00. The molecule has 0 aliphatic carbocycles. The minimum Gasteiger partial charge on any atom is -0.495 e. The first kappa shape index (κ1) is 22.3. The fourth-order valence-electron chi connectivity index (χ4n) is 3.24. The second-order valence-corrected chi connectivity index (χ2v) is 9.06. The van der Waals surface area contributed by atoms with Crippen molar-refractivity contribution < 1.29 is 13.2 Å². The number of benzene rings is 1. The average Bonchev–Trinajstić information content (AvgIpc) is 2.73. The molecule has 0 bridgehead atoms. The topological polar surface area (TPSA) is 77.5 Å². The summed E-state index contributed by atoms with van der Waals surface area (Å²) in [4.78, 5) is 8.94. The molecular formula is C19H33N5O3S. The molecule has 1 N–H and O–H groups in total. The van der Waals surface area contributed by atoms with Gasteiger partial charge in [0.15, 0.2) is 5.96 Å². The van der Waals surface area contributed by atoms with Crippen LogP contribution in [-0.2, 0) is 10.0 Å². The summed E-state index contributed by atoms with van der Waals surface area (Å²) in [6.45, 7) is 6.35. The summed E-state index contributed by atoms with van der Waals surface area (Å²) >= 11 is 0. The van der Waals surface area contributed by atoms with Crippen LogP contribution in [-0.4, -0.2) is 89.8 Å². The van der Waals surface area contributed by atoms with Gasteiger partial charge in [0.1, 0.15) is 5.75 Å². The highest BCUT2D eigenvalue weighted by molar-refractivity contribution is 7.89. The van der Waals surface area contributed by atoms with Crippen molar-refractivity contribution in [2.45, 2.75) is 13.3 Å². The van der Waals surface area contributed by atoms with Crippen molar-refractivity contribution in [1.29, 1.82) is 0 Å². The SMILES string of the molecule is CCS(=O)(=O)N(C)CCCNC(=NC)N1CCN(c2ccccc2OC)CC1. The monoisotopic (exact) mass is 411 g/mol. The number of methoxy groups -OCH3 is 1. The van der Waals surface area contributed by atoms with E-state index in [1.807, 2.05) is 18.2 Å². The lowest BCUT2D eigenvalue weighted by Crippen LogP contribution is -2.52. The number of piperazine rings is 1. The molecule has 1 aliphatic rings. The predicted molar refractivity (Wildman–Crippen MR) is 115 cm³/mol. The van der Waals surface area contributed by atoms with Crippen LogP contribution in [0.1, 0.15) is 13.3 Å². The van der Waals surface area contributed by atoms with Crippen LogP contribution in [0.3, 0.4) is 0 Å². The minimum atomic E-state index is -3.11. The van der Waals surface area contributed by atoms with Gasteiger partial charge in [0.2, 0.25) is 10.0 Å². The number of aliphatic imine (C=N–C) groups is 1. The van der Waals surface area contributed by atoms with Crippen LogP contribution in [0.15, 0.2) is 29.3 Å². The number of guanidine groups is 1. The van der Waals surface area contributed by atoms with Crippen molar-refractivity contribution >= 4 is 21.7 Å². The fourth-order valence-corrected chi connectivity index (χ4v) is 4.09. The van der Waals surface area contributed by atoms with Gasteiger partial charge in [-0.05, 0) is 25.5 Å². The lowest BCUT2D eigenvalue weighted by atomic mass is 10.2. The third-order valence-corrected chi connectivity index (χ3v) is 6.85. The van der Waals surface area contributed by atoms with E-state index in [0.29, 0.717) is 13.1 Å². The van der Waals surface area contributed by atoms with E-state index in [1.54, 1.807) is 28.1 Å². The van der Waals surface area contributed by atoms with Crippen molar-refractivity contribution in [2.24, 2.45) is 4.99 Å². The molecule has 8 nitrogen and oxygen atoms in total. The highest BCUT2D eigenvalue weighted by Gasteiger charge is 2.21. The lowest BCUT2D eigenvalue weighted by Gasteiger charge is -2.38. The van der Waals surface area contributed by atoms with Crippen LogP contribution in [0, 0.1) is 0 Å². The highest BCUT2D eigenvalue weighted by atomic mass is 32.2. The molecule has 0 radical (unpaired) electrons. The molecule has 1 fully saturated rings. The number of sulfonamides is 1. The van der Waals surface area contributed by atoms with Crippen LogP contribution < -0.4 is 15.0 Å². The number of ether oxygens (including phenoxy) is 1. The molecule has 0 atom stereocenters. The van der Waals surface area contributed by atoms with Crippen molar-refractivity contribution in [2.75, 3.05) is 71.1 Å². The molecule has 1 aromatic rings. The van der Waals surface area contributed by atoms with Crippen LogP contribution in [0.4, 0.5) is 5.69 Å². The maximum absolute atomic E-state index is 11.8. The molecule has 0 spiro atoms. The van der Waals surface area contributed by atoms with Gasteiger partial charge in [-0.2, -0.15) is 0 Å². The van der Waals surface area contributed by atoms with E-state index >= 15 is 0 Å². The summed E-state index contributed by atoms with van der Waals surface area (Å²) in [5.41, 5.74) is 1.12. The van der Waals surface area contributed by atoms with Crippen LogP contribution in [0.2, 0.25) is 0 Å². The number of rotatable bonds is 8. The van der Waals surface area contributed by atoms with Crippen molar-refractivity contribution in [3.05, 3.63) is 24.3 Å². The maximum atomic E-state index is 11.8. The number of anilines is 1. The van der Waals surface area contributed by atoms with Crippen LogP contribution >= 0.6 is 0 Å². The first-order chi connectivity index (χ1) is 13.4. The Kier molecular flexibility index (Phi) is 8.37. The summed E-state index contributed by atoms with van der Waals surface area (Å²) < 4.78 is 30.5. The zero-order valence-corrected chi connectivity index (χ0v) is 18.2. The second kappa shape index (κ2) is 10.5. The van der Waals surface area contributed by atoms with E-state index in [1.165, 1.54) is 4.31 Å². The van der Waals surface area contributed by atoms with Gasteiger partial charge in [-0.15, -0.1) is 0 Å². The molecule has 0 aromatic heterocycles. The van der Waals surface area contributed by atoms with Gasteiger partial charge in [0.05, 0.1) is 18.6 Å². The lowest BCUT2D eigenvalue weighted by molar-refractivity contribution is 0.366. The smallest absolute Gasteiger partial charge is 0.213 e. The van der Waals surface area contributed by atoms with Gasteiger partial charge in [0, 0.05) is 53.4 Å². The predicted octanol–water partition coefficient (Wildman–Crippen LogP) is 1.06. The van der Waals surface area contributed by atoms with E-state index in [4.69, 9.17) is 4.74 Å². The third kappa shape index (κ3) is 5.75. The number of hydrogen-bond acceptors (Lipinski definition) is 5. The third-order valence-electron chi connectivity index (χ3n) is 4.99. The van der Waals surface area contributed by atoms with E-state index in [-0.39, 0.29) is 5.75 Å². The molecule has 2 rings (SSSR count). The largest absolute Gasteiger partial charge is 0.495 e. The molecule has 28 heavy (non-hydrogen) atoms. The number of nitrogens with one attached hydrogen (secondary N) is 1. The van der Waals surface area contributed by atoms with Gasteiger partial charge in [-0.1, -0.05) is 12.1 Å². The van der Waals surface area contributed by atoms with E-state index in [0.717, 1.165) is 50.0 Å². The Morgan fingerprint density at radius 3 is 2.54 bits per heavy atom. The fraction of sp³-hybridized carbons (Fsp3) is 0.632. The van der Waals surface area contributed by atoms with Crippen molar-refractivity contribution in [3.8, 4) is 5.75 Å². The molecule has 1 saturated heterocycles. The molecule has 0 saturated carbocycles. The molecule has 0 unspecified atom stereocenters. The maximum Gasteiger partial charge on any atom is 0.213 e. The summed E-state index contributed by atoms with van der Waals surface area (Å²) in [6, 6.07) is 8.08. The van der Waals surface area contributed by atoms with Crippen molar-refractivity contribution in [1.82, 2.24) is 14.5 Å². The Morgan fingerprint density at radius 1 is 1.25 bits per heavy atom. The number of para-hydroxylation sites is 2. The zero-order chi connectivity index (χ0) is 20.6. The number of nitrogens with zero attached hydrogens (tertiary/aromatic N) is 4. The second-order valence-electron chi connectivity index (χ2n) is 6.70. The Morgan fingerprint density at radius 2 is 1.93 bits per heavy atom. The van der Waals surface area contributed by atoms with E-state index in [9.17, 15) is 8.42 Å². The van der Waals surface area contributed by atoms with E-state index in [2.05, 4.69) is 26.2 Å². The molecule has 1 heterocycles. The molecule has 1 aliphatic heterocycles. The first-order valence-corrected chi connectivity index (χ1v) is 11.3. The van der Waals surface area contributed by atoms with Gasteiger partial charge in [-0.3, -0.25) is 4.99 Å². The molecule has 1 aromatic carbocycles. The normalized spacial score (nSPS) is 15.8. The first-order valence-electron chi connectivity index (χ1n) is 9.70. The van der Waals surface area contributed by atoms with E-state index < -0.39 is 10.0 Å². The van der Waals surface area contributed by atoms with Crippen molar-refractivity contribution in [3.63, 3.8) is 0 Å².